The Labute approximate surface area is 137 Å². The van der Waals surface area contributed by atoms with Crippen molar-refractivity contribution in [1.29, 1.82) is 0 Å². The van der Waals surface area contributed by atoms with Gasteiger partial charge in [-0.3, -0.25) is 0 Å². The third-order valence-corrected chi connectivity index (χ3v) is 4.92. The van der Waals surface area contributed by atoms with E-state index in [1.807, 2.05) is 25.7 Å². The van der Waals surface area contributed by atoms with E-state index >= 15 is 0 Å². The van der Waals surface area contributed by atoms with Crippen LogP contribution in [0.5, 0.6) is 0 Å². The Morgan fingerprint density at radius 1 is 1.50 bits per heavy atom. The molecule has 1 saturated carbocycles. The predicted octanol–water partition coefficient (Wildman–Crippen LogP) is 4.11. The molecule has 1 N–H and O–H groups in total. The summed E-state index contributed by atoms with van der Waals surface area (Å²) in [5.74, 6) is 0. The van der Waals surface area contributed by atoms with Gasteiger partial charge in [0.25, 0.3) is 0 Å². The summed E-state index contributed by atoms with van der Waals surface area (Å²) < 4.78 is 5.51. The third kappa shape index (κ3) is 4.99. The van der Waals surface area contributed by atoms with Crippen LogP contribution in [0.15, 0.2) is 11.4 Å². The van der Waals surface area contributed by atoms with Gasteiger partial charge in [-0.25, -0.2) is 4.79 Å². The van der Waals surface area contributed by atoms with Crippen molar-refractivity contribution in [3.63, 3.8) is 0 Å². The van der Waals surface area contributed by atoms with E-state index in [-0.39, 0.29) is 6.09 Å². The first-order valence-electron chi connectivity index (χ1n) is 8.05. The number of hydrogen-bond donors (Lipinski definition) is 1. The van der Waals surface area contributed by atoms with Crippen LogP contribution in [0, 0.1) is 6.92 Å². The molecule has 0 aromatic carbocycles. The highest BCUT2D eigenvalue weighted by molar-refractivity contribution is 7.10. The molecule has 2 rings (SSSR count). The van der Waals surface area contributed by atoms with E-state index in [0.717, 1.165) is 19.4 Å². The molecular formula is C17H28N2O2S. The maximum absolute atomic E-state index is 12.3. The lowest BCUT2D eigenvalue weighted by Crippen LogP contribution is -2.42. The van der Waals surface area contributed by atoms with Gasteiger partial charge in [-0.1, -0.05) is 0 Å². The topological polar surface area (TPSA) is 41.6 Å². The van der Waals surface area contributed by atoms with Gasteiger partial charge in [-0.15, -0.1) is 11.3 Å². The molecule has 22 heavy (non-hydrogen) atoms. The Morgan fingerprint density at radius 2 is 2.18 bits per heavy atom. The highest BCUT2D eigenvalue weighted by Crippen LogP contribution is 2.28. The summed E-state index contributed by atoms with van der Waals surface area (Å²) in [5, 5.41) is 5.64. The molecule has 0 aliphatic heterocycles. The van der Waals surface area contributed by atoms with Gasteiger partial charge in [0.15, 0.2) is 0 Å². The van der Waals surface area contributed by atoms with Crippen LogP contribution < -0.4 is 5.32 Å². The molecule has 1 aromatic rings. The average molecular weight is 324 g/mol. The van der Waals surface area contributed by atoms with Gasteiger partial charge in [0.2, 0.25) is 0 Å². The number of hydrogen-bond acceptors (Lipinski definition) is 4. The van der Waals surface area contributed by atoms with Crippen molar-refractivity contribution < 1.29 is 9.53 Å². The first-order valence-corrected chi connectivity index (χ1v) is 8.93. The second-order valence-corrected chi connectivity index (χ2v) is 8.00. The van der Waals surface area contributed by atoms with Gasteiger partial charge < -0.3 is 15.0 Å². The lowest BCUT2D eigenvalue weighted by atomic mass is 10.2. The van der Waals surface area contributed by atoms with Crippen LogP contribution >= 0.6 is 11.3 Å². The van der Waals surface area contributed by atoms with Gasteiger partial charge in [0.05, 0.1) is 0 Å². The number of thiophene rings is 1. The summed E-state index contributed by atoms with van der Waals surface area (Å²) in [7, 11) is 0. The minimum Gasteiger partial charge on any atom is -0.444 e. The minimum atomic E-state index is -0.432. The normalized spacial score (nSPS) is 16.4. The van der Waals surface area contributed by atoms with E-state index in [0.29, 0.717) is 18.6 Å². The Balaban J connectivity index is 1.82. The quantitative estimate of drug-likeness (QED) is 0.856. The first-order chi connectivity index (χ1) is 10.3. The molecule has 1 aliphatic rings. The maximum Gasteiger partial charge on any atom is 0.410 e. The summed E-state index contributed by atoms with van der Waals surface area (Å²) in [6.07, 6.45) is 2.01. The van der Waals surface area contributed by atoms with Crippen molar-refractivity contribution in [2.24, 2.45) is 0 Å². The number of carbonyl (C=O) groups excluding carboxylic acids is 1. The number of rotatable bonds is 6. The summed E-state index contributed by atoms with van der Waals surface area (Å²) >= 11 is 1.78. The van der Waals surface area contributed by atoms with Crippen molar-refractivity contribution >= 4 is 17.4 Å². The highest BCUT2D eigenvalue weighted by Gasteiger charge is 2.34. The van der Waals surface area contributed by atoms with Crippen LogP contribution in [0.2, 0.25) is 0 Å². The summed E-state index contributed by atoms with van der Waals surface area (Å²) in [5.41, 5.74) is 0.898. The maximum atomic E-state index is 12.3. The smallest absolute Gasteiger partial charge is 0.410 e. The van der Waals surface area contributed by atoms with Crippen LogP contribution in [0.4, 0.5) is 4.79 Å². The monoisotopic (exact) mass is 324 g/mol. The highest BCUT2D eigenvalue weighted by atomic mass is 32.1. The zero-order valence-corrected chi connectivity index (χ0v) is 15.1. The van der Waals surface area contributed by atoms with Crippen LogP contribution in [0.25, 0.3) is 0 Å². The molecule has 4 nitrogen and oxygen atoms in total. The van der Waals surface area contributed by atoms with Crippen LogP contribution in [0.3, 0.4) is 0 Å². The van der Waals surface area contributed by atoms with Crippen LogP contribution in [-0.2, 0) is 4.74 Å². The van der Waals surface area contributed by atoms with E-state index in [4.69, 9.17) is 4.74 Å². The molecule has 1 unspecified atom stereocenters. The second-order valence-electron chi connectivity index (χ2n) is 7.05. The fourth-order valence-corrected chi connectivity index (χ4v) is 3.41. The molecule has 1 atom stereocenters. The molecule has 1 aromatic heterocycles. The molecule has 124 valence electrons. The van der Waals surface area contributed by atoms with Gasteiger partial charge in [0, 0.05) is 30.1 Å². The molecule has 5 heteroatoms. The van der Waals surface area contributed by atoms with Gasteiger partial charge in [-0.2, -0.15) is 0 Å². The zero-order valence-electron chi connectivity index (χ0n) is 14.3. The number of amides is 1. The minimum absolute atomic E-state index is 0.184. The number of ether oxygens (including phenoxy) is 1. The van der Waals surface area contributed by atoms with Crippen molar-refractivity contribution in [2.45, 2.75) is 65.1 Å². The molecule has 1 amide bonds. The molecule has 0 saturated heterocycles. The Morgan fingerprint density at radius 3 is 2.68 bits per heavy atom. The Kier molecular flexibility index (Phi) is 5.50. The molecule has 0 radical (unpaired) electrons. The van der Waals surface area contributed by atoms with Crippen molar-refractivity contribution in [2.75, 3.05) is 13.1 Å². The first kappa shape index (κ1) is 17.3. The summed E-state index contributed by atoms with van der Waals surface area (Å²) in [6.45, 7) is 11.5. The van der Waals surface area contributed by atoms with Gasteiger partial charge in [0.1, 0.15) is 5.60 Å². The fraction of sp³-hybridized carbons (Fsp3) is 0.706. The number of carbonyl (C=O) groups is 1. The van der Waals surface area contributed by atoms with E-state index in [2.05, 4.69) is 30.6 Å². The summed E-state index contributed by atoms with van der Waals surface area (Å²) in [6, 6.07) is 2.84. The van der Waals surface area contributed by atoms with Crippen LogP contribution in [-0.4, -0.2) is 35.7 Å². The summed E-state index contributed by atoms with van der Waals surface area (Å²) in [4.78, 5) is 15.5. The van der Waals surface area contributed by atoms with E-state index < -0.39 is 5.60 Å². The van der Waals surface area contributed by atoms with Crippen LogP contribution in [0.1, 0.15) is 57.0 Å². The molecule has 1 fully saturated rings. The van der Waals surface area contributed by atoms with Crippen molar-refractivity contribution in [3.8, 4) is 0 Å². The SMILES string of the molecule is Cc1ccsc1C(C)NCCN(C(=O)OC(C)(C)C)C1CC1. The number of nitrogens with one attached hydrogen (secondary N) is 1. The third-order valence-electron chi connectivity index (χ3n) is 3.71. The number of aryl methyl sites for hydroxylation is 1. The molecule has 0 bridgehead atoms. The molecule has 0 spiro atoms. The lowest BCUT2D eigenvalue weighted by Gasteiger charge is -2.28. The molecular weight excluding hydrogens is 296 g/mol. The van der Waals surface area contributed by atoms with Crippen molar-refractivity contribution in [3.05, 3.63) is 21.9 Å². The van der Waals surface area contributed by atoms with E-state index in [9.17, 15) is 4.79 Å². The largest absolute Gasteiger partial charge is 0.444 e. The Hall–Kier alpha value is -1.07. The predicted molar refractivity (Wildman–Crippen MR) is 91.4 cm³/mol. The van der Waals surface area contributed by atoms with Crippen molar-refractivity contribution in [1.82, 2.24) is 10.2 Å². The van der Waals surface area contributed by atoms with E-state index in [1.165, 1.54) is 10.4 Å². The van der Waals surface area contributed by atoms with Gasteiger partial charge >= 0.3 is 6.09 Å². The lowest BCUT2D eigenvalue weighted by molar-refractivity contribution is 0.0235. The number of nitrogens with zero attached hydrogens (tertiary/aromatic N) is 1. The fourth-order valence-electron chi connectivity index (χ4n) is 2.45. The molecule has 1 heterocycles. The zero-order chi connectivity index (χ0) is 16.3. The average Bonchev–Trinajstić information content (AvgIpc) is 3.13. The standard InChI is InChI=1S/C17H28N2O2S/c1-12-8-11-22-15(12)13(2)18-9-10-19(14-6-7-14)16(20)21-17(3,4)5/h8,11,13-14,18H,6-7,9-10H2,1-5H3. The van der Waals surface area contributed by atoms with E-state index in [1.54, 1.807) is 11.3 Å². The Bertz CT molecular complexity index is 503. The second kappa shape index (κ2) is 7.01. The molecule has 1 aliphatic carbocycles. The van der Waals surface area contributed by atoms with Gasteiger partial charge in [-0.05, 0) is 64.5 Å².